The van der Waals surface area contributed by atoms with Crippen molar-refractivity contribution in [2.24, 2.45) is 4.99 Å². The van der Waals surface area contributed by atoms with E-state index in [0.717, 1.165) is 17.0 Å². The predicted octanol–water partition coefficient (Wildman–Crippen LogP) is 4.49. The van der Waals surface area contributed by atoms with Gasteiger partial charge in [-0.3, -0.25) is 5.32 Å². The molecule has 33 heavy (non-hydrogen) atoms. The molecule has 0 aliphatic heterocycles. The van der Waals surface area contributed by atoms with Gasteiger partial charge >= 0.3 is 5.97 Å². The Hall–Kier alpha value is -3.56. The van der Waals surface area contributed by atoms with Crippen molar-refractivity contribution in [1.82, 2.24) is 15.3 Å². The van der Waals surface area contributed by atoms with E-state index in [2.05, 4.69) is 30.9 Å². The molecule has 3 rings (SSSR count). The average molecular weight is 483 g/mol. The van der Waals surface area contributed by atoms with Crippen LogP contribution in [0.15, 0.2) is 59.6 Å². The van der Waals surface area contributed by atoms with Crippen LogP contribution in [0.4, 0.5) is 11.6 Å². The lowest BCUT2D eigenvalue weighted by Crippen LogP contribution is -2.39. The van der Waals surface area contributed by atoms with Gasteiger partial charge in [0.15, 0.2) is 5.11 Å². The van der Waals surface area contributed by atoms with Gasteiger partial charge in [-0.05, 0) is 68.0 Å². The highest BCUT2D eigenvalue weighted by Gasteiger charge is 2.09. The minimum Gasteiger partial charge on any atom is -0.465 e. The van der Waals surface area contributed by atoms with Gasteiger partial charge < -0.3 is 15.4 Å². The number of aryl methyl sites for hydroxylation is 2. The van der Waals surface area contributed by atoms with E-state index in [0.29, 0.717) is 34.7 Å². The number of halogens is 1. The highest BCUT2D eigenvalue weighted by Crippen LogP contribution is 2.16. The average Bonchev–Trinajstić information content (AvgIpc) is 2.77. The quantitative estimate of drug-likeness (QED) is 0.212. The third kappa shape index (κ3) is 7.23. The molecule has 0 aliphatic rings. The Morgan fingerprint density at radius 2 is 1.73 bits per heavy atom. The van der Waals surface area contributed by atoms with Crippen molar-refractivity contribution in [3.63, 3.8) is 0 Å². The van der Waals surface area contributed by atoms with Crippen LogP contribution in [0.2, 0.25) is 5.02 Å². The molecule has 3 N–H and O–H groups in total. The maximum Gasteiger partial charge on any atom is 0.337 e. The highest BCUT2D eigenvalue weighted by atomic mass is 35.5. The molecule has 0 radical (unpaired) electrons. The molecule has 2 aromatic carbocycles. The first-order valence-electron chi connectivity index (χ1n) is 9.97. The largest absolute Gasteiger partial charge is 0.465 e. The summed E-state index contributed by atoms with van der Waals surface area (Å²) in [6.45, 7) is 4.09. The van der Waals surface area contributed by atoms with E-state index < -0.39 is 5.97 Å². The summed E-state index contributed by atoms with van der Waals surface area (Å²) in [5, 5.41) is 10.1. The number of methoxy groups -OCH3 is 1. The Balaban J connectivity index is 1.76. The Morgan fingerprint density at radius 3 is 2.36 bits per heavy atom. The van der Waals surface area contributed by atoms with Gasteiger partial charge in [0.1, 0.15) is 0 Å². The number of aliphatic imine (C=N–C) groups is 1. The Kier molecular flexibility index (Phi) is 8.28. The third-order valence-corrected chi connectivity index (χ3v) is 4.95. The number of carbonyl (C=O) groups excluding carboxylic acids is 1. The number of ether oxygens (including phenoxy) is 1. The molecule has 1 aromatic heterocycles. The van der Waals surface area contributed by atoms with Crippen molar-refractivity contribution in [1.29, 1.82) is 0 Å². The molecule has 0 saturated heterocycles. The SMILES string of the molecule is COC(=O)c1ccc(NC(=S)NC(=NCc2ccccc2Cl)Nc2nc(C)cc(C)n2)cc1. The Morgan fingerprint density at radius 1 is 1.06 bits per heavy atom. The summed E-state index contributed by atoms with van der Waals surface area (Å²) >= 11 is 11.7. The number of hydrogen-bond donors (Lipinski definition) is 3. The van der Waals surface area contributed by atoms with Gasteiger partial charge in [-0.25, -0.2) is 19.8 Å². The molecule has 3 aromatic rings. The van der Waals surface area contributed by atoms with Crippen molar-refractivity contribution in [3.8, 4) is 0 Å². The van der Waals surface area contributed by atoms with Crippen LogP contribution >= 0.6 is 23.8 Å². The van der Waals surface area contributed by atoms with Crippen molar-refractivity contribution in [3.05, 3.63) is 82.1 Å². The number of nitrogens with zero attached hydrogens (tertiary/aromatic N) is 3. The first-order valence-corrected chi connectivity index (χ1v) is 10.8. The maximum absolute atomic E-state index is 11.6. The fourth-order valence-corrected chi connectivity index (χ4v) is 3.28. The zero-order valence-electron chi connectivity index (χ0n) is 18.3. The molecule has 10 heteroatoms. The number of aromatic nitrogens is 2. The molecule has 0 spiro atoms. The van der Waals surface area contributed by atoms with Gasteiger partial charge in [0.25, 0.3) is 0 Å². The van der Waals surface area contributed by atoms with Crippen molar-refractivity contribution in [2.45, 2.75) is 20.4 Å². The van der Waals surface area contributed by atoms with Gasteiger partial charge in [0.05, 0.1) is 19.2 Å². The van der Waals surface area contributed by atoms with E-state index in [1.54, 1.807) is 24.3 Å². The number of guanidine groups is 1. The minimum atomic E-state index is -0.408. The second kappa shape index (κ2) is 11.3. The Labute approximate surface area is 202 Å². The lowest BCUT2D eigenvalue weighted by molar-refractivity contribution is 0.0601. The Bertz CT molecular complexity index is 1160. The summed E-state index contributed by atoms with van der Waals surface area (Å²) < 4.78 is 4.71. The number of esters is 1. The number of carbonyl (C=O) groups is 1. The topological polar surface area (TPSA) is 101 Å². The van der Waals surface area contributed by atoms with Crippen molar-refractivity contribution >= 4 is 52.5 Å². The van der Waals surface area contributed by atoms with Crippen LogP contribution in [0, 0.1) is 13.8 Å². The van der Waals surface area contributed by atoms with Crippen LogP contribution in [0.1, 0.15) is 27.3 Å². The molecular weight excluding hydrogens is 460 g/mol. The van der Waals surface area contributed by atoms with Gasteiger partial charge in [0, 0.05) is 22.1 Å². The summed E-state index contributed by atoms with van der Waals surface area (Å²) in [5.41, 5.74) is 3.63. The van der Waals surface area contributed by atoms with Crippen LogP contribution < -0.4 is 16.0 Å². The summed E-state index contributed by atoms with van der Waals surface area (Å²) in [5.74, 6) is 0.334. The van der Waals surface area contributed by atoms with Gasteiger partial charge in [0.2, 0.25) is 11.9 Å². The van der Waals surface area contributed by atoms with Crippen LogP contribution in [-0.2, 0) is 11.3 Å². The molecule has 0 bridgehead atoms. The normalized spacial score (nSPS) is 11.0. The minimum absolute atomic E-state index is 0.288. The fourth-order valence-electron chi connectivity index (χ4n) is 2.87. The van der Waals surface area contributed by atoms with Gasteiger partial charge in [-0.2, -0.15) is 0 Å². The van der Waals surface area contributed by atoms with E-state index in [-0.39, 0.29) is 5.11 Å². The summed E-state index contributed by atoms with van der Waals surface area (Å²) in [6, 6.07) is 16.1. The van der Waals surface area contributed by atoms with E-state index >= 15 is 0 Å². The second-order valence-electron chi connectivity index (χ2n) is 7.00. The van der Waals surface area contributed by atoms with E-state index in [1.807, 2.05) is 44.2 Å². The predicted molar refractivity (Wildman–Crippen MR) is 135 cm³/mol. The molecule has 0 saturated carbocycles. The van der Waals surface area contributed by atoms with E-state index in [9.17, 15) is 4.79 Å². The summed E-state index contributed by atoms with van der Waals surface area (Å²) in [7, 11) is 1.34. The molecule has 1 heterocycles. The smallest absolute Gasteiger partial charge is 0.337 e. The van der Waals surface area contributed by atoms with Gasteiger partial charge in [-0.15, -0.1) is 0 Å². The van der Waals surface area contributed by atoms with Crippen LogP contribution in [0.5, 0.6) is 0 Å². The van der Waals surface area contributed by atoms with Crippen LogP contribution in [-0.4, -0.2) is 34.1 Å². The first-order chi connectivity index (χ1) is 15.8. The molecule has 170 valence electrons. The zero-order valence-corrected chi connectivity index (χ0v) is 19.9. The number of thiocarbonyl (C=S) groups is 1. The molecular formula is C23H23ClN6O2S. The zero-order chi connectivity index (χ0) is 23.8. The number of nitrogens with one attached hydrogen (secondary N) is 3. The molecule has 0 amide bonds. The summed E-state index contributed by atoms with van der Waals surface area (Å²) in [6.07, 6.45) is 0. The molecule has 0 aliphatic carbocycles. The van der Waals surface area contributed by atoms with Crippen LogP contribution in [0.3, 0.4) is 0 Å². The lowest BCUT2D eigenvalue weighted by atomic mass is 10.2. The van der Waals surface area contributed by atoms with E-state index in [4.69, 9.17) is 28.6 Å². The monoisotopic (exact) mass is 482 g/mol. The maximum atomic E-state index is 11.6. The number of anilines is 2. The van der Waals surface area contributed by atoms with Gasteiger partial charge in [-0.1, -0.05) is 29.8 Å². The standard InChI is InChI=1S/C23H23ClN6O2S/c1-14-12-15(2)27-22(26-14)29-21(25-13-17-6-4-5-7-19(17)24)30-23(33)28-18-10-8-16(9-11-18)20(31)32-3/h4-12H,13H2,1-3H3,(H3,25,26,27,28,29,30,33). The van der Waals surface area contributed by atoms with E-state index in [1.165, 1.54) is 7.11 Å². The third-order valence-electron chi connectivity index (χ3n) is 4.37. The first kappa shape index (κ1) is 24.1. The molecule has 0 unspecified atom stereocenters. The fraction of sp³-hybridized carbons (Fsp3) is 0.174. The number of rotatable bonds is 5. The lowest BCUT2D eigenvalue weighted by Gasteiger charge is -2.14. The van der Waals surface area contributed by atoms with Crippen molar-refractivity contribution < 1.29 is 9.53 Å². The molecule has 8 nitrogen and oxygen atoms in total. The highest BCUT2D eigenvalue weighted by molar-refractivity contribution is 7.80. The second-order valence-corrected chi connectivity index (χ2v) is 7.82. The van der Waals surface area contributed by atoms with Crippen molar-refractivity contribution in [2.75, 3.05) is 17.7 Å². The van der Waals surface area contributed by atoms with Crippen LogP contribution in [0.25, 0.3) is 0 Å². The summed E-state index contributed by atoms with van der Waals surface area (Å²) in [4.78, 5) is 25.0. The molecule has 0 fully saturated rings. The number of benzene rings is 2. The number of hydrogen-bond acceptors (Lipinski definition) is 6. The molecule has 0 atom stereocenters.